The third-order valence-electron chi connectivity index (χ3n) is 3.02. The summed E-state index contributed by atoms with van der Waals surface area (Å²) in [4.78, 5) is 12.6. The molecule has 8 heteroatoms. The number of thiophene rings is 1. The second kappa shape index (κ2) is 5.84. The Morgan fingerprint density at radius 1 is 1.55 bits per heavy atom. The Morgan fingerprint density at radius 3 is 3.10 bits per heavy atom. The van der Waals surface area contributed by atoms with E-state index in [0.29, 0.717) is 22.7 Å². The molecule has 1 aliphatic carbocycles. The normalized spacial score (nSPS) is 14.4. The van der Waals surface area contributed by atoms with Crippen molar-refractivity contribution >= 4 is 29.0 Å². The summed E-state index contributed by atoms with van der Waals surface area (Å²) in [6.07, 6.45) is 2.46. The monoisotopic (exact) mass is 309 g/mol. The molecule has 0 bridgehead atoms. The molecule has 2 heterocycles. The number of nitrogens with two attached hydrogens (primary N) is 1. The standard InChI is InChI=1S/C12H15N5OS2/c13-17-11(9-2-1-5-19-9)15-16-12(17)20-7-10(18)14-6-8-3-4-8/h1-2,5,8H,3-4,6-7,13H2,(H,14,18). The number of carbonyl (C=O) groups excluding carboxylic acids is 1. The van der Waals surface area contributed by atoms with Crippen LogP contribution < -0.4 is 11.2 Å². The molecule has 1 fully saturated rings. The maximum atomic E-state index is 11.7. The van der Waals surface area contributed by atoms with Gasteiger partial charge in [-0.3, -0.25) is 4.79 Å². The lowest BCUT2D eigenvalue weighted by Crippen LogP contribution is -2.27. The van der Waals surface area contributed by atoms with Crippen LogP contribution in [0, 0.1) is 5.92 Å². The van der Waals surface area contributed by atoms with Crippen molar-refractivity contribution in [2.45, 2.75) is 18.0 Å². The number of amides is 1. The van der Waals surface area contributed by atoms with E-state index in [9.17, 15) is 4.79 Å². The molecule has 20 heavy (non-hydrogen) atoms. The van der Waals surface area contributed by atoms with Gasteiger partial charge in [0.15, 0.2) is 5.82 Å². The number of nitrogen functional groups attached to an aromatic ring is 1. The van der Waals surface area contributed by atoms with E-state index in [4.69, 9.17) is 5.84 Å². The zero-order chi connectivity index (χ0) is 13.9. The molecule has 0 spiro atoms. The first-order chi connectivity index (χ1) is 9.74. The minimum Gasteiger partial charge on any atom is -0.355 e. The topological polar surface area (TPSA) is 85.8 Å². The fourth-order valence-corrected chi connectivity index (χ4v) is 3.10. The molecule has 1 saturated carbocycles. The lowest BCUT2D eigenvalue weighted by atomic mass is 10.4. The van der Waals surface area contributed by atoms with Crippen LogP contribution in [0.25, 0.3) is 10.7 Å². The third-order valence-corrected chi connectivity index (χ3v) is 4.83. The second-order valence-electron chi connectivity index (χ2n) is 4.69. The zero-order valence-electron chi connectivity index (χ0n) is 10.8. The highest BCUT2D eigenvalue weighted by molar-refractivity contribution is 7.99. The number of rotatable bonds is 6. The summed E-state index contributed by atoms with van der Waals surface area (Å²) in [5.41, 5.74) is 0. The van der Waals surface area contributed by atoms with Crippen LogP contribution in [0.5, 0.6) is 0 Å². The number of hydrogen-bond acceptors (Lipinski definition) is 6. The quantitative estimate of drug-likeness (QED) is 0.621. The highest BCUT2D eigenvalue weighted by Crippen LogP contribution is 2.28. The molecule has 0 radical (unpaired) electrons. The summed E-state index contributed by atoms with van der Waals surface area (Å²) in [6.45, 7) is 0.787. The fourth-order valence-electron chi connectivity index (χ4n) is 1.71. The Balaban J connectivity index is 1.56. The lowest BCUT2D eigenvalue weighted by molar-refractivity contribution is -0.118. The van der Waals surface area contributed by atoms with E-state index in [1.165, 1.54) is 29.3 Å². The summed E-state index contributed by atoms with van der Waals surface area (Å²) >= 11 is 2.86. The van der Waals surface area contributed by atoms with E-state index in [1.807, 2.05) is 17.5 Å². The largest absolute Gasteiger partial charge is 0.355 e. The van der Waals surface area contributed by atoms with Crippen LogP contribution in [0.3, 0.4) is 0 Å². The van der Waals surface area contributed by atoms with Crippen LogP contribution in [0.15, 0.2) is 22.7 Å². The van der Waals surface area contributed by atoms with Gasteiger partial charge in [0.05, 0.1) is 10.6 Å². The van der Waals surface area contributed by atoms with E-state index < -0.39 is 0 Å². The SMILES string of the molecule is Nn1c(SCC(=O)NCC2CC2)nnc1-c1cccs1. The average molecular weight is 309 g/mol. The van der Waals surface area contributed by atoms with Gasteiger partial charge in [-0.25, -0.2) is 4.68 Å². The number of nitrogens with one attached hydrogen (secondary N) is 1. The molecule has 2 aromatic rings. The van der Waals surface area contributed by atoms with Crippen molar-refractivity contribution in [1.29, 1.82) is 0 Å². The van der Waals surface area contributed by atoms with Gasteiger partial charge < -0.3 is 11.2 Å². The molecule has 1 aliphatic rings. The fraction of sp³-hybridized carbons (Fsp3) is 0.417. The highest BCUT2D eigenvalue weighted by Gasteiger charge is 2.21. The van der Waals surface area contributed by atoms with E-state index >= 15 is 0 Å². The Morgan fingerprint density at radius 2 is 2.40 bits per heavy atom. The molecular weight excluding hydrogens is 294 g/mol. The number of aromatic nitrogens is 3. The number of thioether (sulfide) groups is 1. The van der Waals surface area contributed by atoms with Crippen LogP contribution >= 0.6 is 23.1 Å². The summed E-state index contributed by atoms with van der Waals surface area (Å²) in [5.74, 6) is 7.60. The van der Waals surface area contributed by atoms with Crippen LogP contribution in [0.2, 0.25) is 0 Å². The van der Waals surface area contributed by atoms with Crippen molar-refractivity contribution in [3.8, 4) is 10.7 Å². The molecule has 2 aromatic heterocycles. The predicted octanol–water partition coefficient (Wildman–Crippen LogP) is 1.34. The van der Waals surface area contributed by atoms with Crippen molar-refractivity contribution in [3.05, 3.63) is 17.5 Å². The van der Waals surface area contributed by atoms with Crippen LogP contribution in [-0.2, 0) is 4.79 Å². The molecule has 0 saturated heterocycles. The van der Waals surface area contributed by atoms with Crippen LogP contribution in [-0.4, -0.2) is 33.1 Å². The van der Waals surface area contributed by atoms with Crippen LogP contribution in [0.4, 0.5) is 0 Å². The Bertz CT molecular complexity index is 591. The Kier molecular flexibility index (Phi) is 3.93. The predicted molar refractivity (Wildman–Crippen MR) is 79.9 cm³/mol. The zero-order valence-corrected chi connectivity index (χ0v) is 12.4. The first-order valence-electron chi connectivity index (χ1n) is 6.38. The van der Waals surface area contributed by atoms with Crippen molar-refractivity contribution < 1.29 is 4.79 Å². The van der Waals surface area contributed by atoms with Crippen molar-refractivity contribution in [2.75, 3.05) is 18.1 Å². The van der Waals surface area contributed by atoms with E-state index in [2.05, 4.69) is 15.5 Å². The second-order valence-corrected chi connectivity index (χ2v) is 6.58. The van der Waals surface area contributed by atoms with Gasteiger partial charge in [0.25, 0.3) is 0 Å². The van der Waals surface area contributed by atoms with E-state index in [0.717, 1.165) is 11.4 Å². The van der Waals surface area contributed by atoms with Gasteiger partial charge >= 0.3 is 0 Å². The Labute approximate surface area is 124 Å². The third kappa shape index (κ3) is 3.13. The van der Waals surface area contributed by atoms with Gasteiger partial charge in [-0.2, -0.15) is 0 Å². The Hall–Kier alpha value is -1.54. The molecule has 3 N–H and O–H groups in total. The lowest BCUT2D eigenvalue weighted by Gasteiger charge is -2.04. The number of carbonyl (C=O) groups is 1. The first-order valence-corrected chi connectivity index (χ1v) is 8.24. The minimum atomic E-state index is 0.0163. The smallest absolute Gasteiger partial charge is 0.230 e. The minimum absolute atomic E-state index is 0.0163. The molecule has 0 aliphatic heterocycles. The van der Waals surface area contributed by atoms with E-state index in [1.54, 1.807) is 11.3 Å². The number of hydrogen-bond donors (Lipinski definition) is 2. The molecule has 106 valence electrons. The molecule has 0 atom stereocenters. The molecule has 0 unspecified atom stereocenters. The van der Waals surface area contributed by atoms with Gasteiger partial charge in [-0.1, -0.05) is 17.8 Å². The first kappa shape index (κ1) is 13.4. The van der Waals surface area contributed by atoms with Gasteiger partial charge in [-0.05, 0) is 30.2 Å². The van der Waals surface area contributed by atoms with Crippen molar-refractivity contribution in [3.63, 3.8) is 0 Å². The molecule has 0 aromatic carbocycles. The van der Waals surface area contributed by atoms with Crippen LogP contribution in [0.1, 0.15) is 12.8 Å². The maximum absolute atomic E-state index is 11.7. The molecule has 1 amide bonds. The number of nitrogens with zero attached hydrogens (tertiary/aromatic N) is 3. The van der Waals surface area contributed by atoms with Gasteiger partial charge in [-0.15, -0.1) is 21.5 Å². The van der Waals surface area contributed by atoms with Gasteiger partial charge in [0.2, 0.25) is 11.1 Å². The highest BCUT2D eigenvalue weighted by atomic mass is 32.2. The molecule has 3 rings (SSSR count). The summed E-state index contributed by atoms with van der Waals surface area (Å²) in [6, 6.07) is 3.88. The summed E-state index contributed by atoms with van der Waals surface area (Å²) in [7, 11) is 0. The van der Waals surface area contributed by atoms with Crippen molar-refractivity contribution in [1.82, 2.24) is 20.2 Å². The summed E-state index contributed by atoms with van der Waals surface area (Å²) in [5, 5.41) is 13.5. The van der Waals surface area contributed by atoms with Gasteiger partial charge in [0, 0.05) is 6.54 Å². The van der Waals surface area contributed by atoms with Gasteiger partial charge in [0.1, 0.15) is 0 Å². The summed E-state index contributed by atoms with van der Waals surface area (Å²) < 4.78 is 1.44. The molecular formula is C12H15N5OS2. The maximum Gasteiger partial charge on any atom is 0.230 e. The van der Waals surface area contributed by atoms with E-state index in [-0.39, 0.29) is 5.91 Å². The van der Waals surface area contributed by atoms with Crippen molar-refractivity contribution in [2.24, 2.45) is 5.92 Å². The molecule has 6 nitrogen and oxygen atoms in total. The average Bonchev–Trinajstić information content (AvgIpc) is 2.98.